The second kappa shape index (κ2) is 10.3. The summed E-state index contributed by atoms with van der Waals surface area (Å²) in [6, 6.07) is -0.0429. The minimum atomic E-state index is -0.473. The molecule has 0 heterocycles. The first-order chi connectivity index (χ1) is 8.15. The van der Waals surface area contributed by atoms with Gasteiger partial charge < -0.3 is 10.5 Å². The molecule has 0 aliphatic rings. The van der Waals surface area contributed by atoms with Gasteiger partial charge in [0, 0.05) is 6.04 Å². The zero-order chi connectivity index (χ0) is 13.1. The molecule has 0 saturated carbocycles. The molecule has 100 valence electrons. The maximum Gasteiger partial charge on any atom is 0.322 e. The van der Waals surface area contributed by atoms with E-state index in [4.69, 9.17) is 5.73 Å². The van der Waals surface area contributed by atoms with E-state index in [1.807, 2.05) is 13.1 Å². The molecule has 0 spiro atoms. The second-order valence-corrected chi connectivity index (χ2v) is 4.26. The molecular formula is C13H26N2O2. The number of rotatable bonds is 9. The van der Waals surface area contributed by atoms with Crippen molar-refractivity contribution in [2.75, 3.05) is 7.11 Å². The van der Waals surface area contributed by atoms with Crippen LogP contribution in [0.15, 0.2) is 4.99 Å². The fourth-order valence-corrected chi connectivity index (χ4v) is 1.85. The standard InChI is InChI=1S/C13H26N2O2/c1-4-8-11(15-5-2)9-6-7-10-12(14)13(16)17-3/h5,11-12H,4,6-10,14H2,1-3H3. The van der Waals surface area contributed by atoms with Crippen LogP contribution in [-0.4, -0.2) is 31.4 Å². The number of nitrogens with zero attached hydrogens (tertiary/aromatic N) is 1. The van der Waals surface area contributed by atoms with E-state index in [-0.39, 0.29) is 5.97 Å². The fourth-order valence-electron chi connectivity index (χ4n) is 1.85. The molecule has 4 heteroatoms. The number of methoxy groups -OCH3 is 1. The number of ether oxygens (including phenoxy) is 1. The molecule has 0 aromatic heterocycles. The SMILES string of the molecule is CC=NC(CCC)CCCCC(N)C(=O)OC. The molecule has 0 aliphatic carbocycles. The number of aliphatic imine (C=N–C) groups is 1. The Balaban J connectivity index is 3.70. The van der Waals surface area contributed by atoms with E-state index in [2.05, 4.69) is 16.7 Å². The predicted molar refractivity (Wildman–Crippen MR) is 71.3 cm³/mol. The molecule has 0 amide bonds. The van der Waals surface area contributed by atoms with Gasteiger partial charge in [0.05, 0.1) is 7.11 Å². The van der Waals surface area contributed by atoms with Crippen LogP contribution in [0.2, 0.25) is 0 Å². The van der Waals surface area contributed by atoms with Gasteiger partial charge in [-0.05, 0) is 32.4 Å². The molecular weight excluding hydrogens is 216 g/mol. The Kier molecular flexibility index (Phi) is 9.72. The van der Waals surface area contributed by atoms with Crippen molar-refractivity contribution in [2.24, 2.45) is 10.7 Å². The van der Waals surface area contributed by atoms with Crippen LogP contribution in [0.5, 0.6) is 0 Å². The van der Waals surface area contributed by atoms with Crippen LogP contribution >= 0.6 is 0 Å². The highest BCUT2D eigenvalue weighted by molar-refractivity contribution is 5.75. The van der Waals surface area contributed by atoms with E-state index in [1.54, 1.807) is 0 Å². The van der Waals surface area contributed by atoms with Crippen LogP contribution in [0.4, 0.5) is 0 Å². The minimum absolute atomic E-state index is 0.318. The predicted octanol–water partition coefficient (Wildman–Crippen LogP) is 2.31. The van der Waals surface area contributed by atoms with Gasteiger partial charge >= 0.3 is 5.97 Å². The van der Waals surface area contributed by atoms with Crippen molar-refractivity contribution in [1.29, 1.82) is 0 Å². The molecule has 0 aromatic carbocycles. The minimum Gasteiger partial charge on any atom is -0.468 e. The molecule has 0 saturated heterocycles. The quantitative estimate of drug-likeness (QED) is 0.383. The van der Waals surface area contributed by atoms with E-state index in [0.29, 0.717) is 12.5 Å². The Labute approximate surface area is 105 Å². The van der Waals surface area contributed by atoms with Gasteiger partial charge in [-0.25, -0.2) is 0 Å². The summed E-state index contributed by atoms with van der Waals surface area (Å²) in [5.74, 6) is -0.318. The van der Waals surface area contributed by atoms with Crippen molar-refractivity contribution in [2.45, 2.75) is 64.5 Å². The Hall–Kier alpha value is -0.900. The summed E-state index contributed by atoms with van der Waals surface area (Å²) < 4.78 is 4.58. The molecule has 0 rings (SSSR count). The lowest BCUT2D eigenvalue weighted by molar-refractivity contribution is -0.142. The van der Waals surface area contributed by atoms with Crippen molar-refractivity contribution in [3.05, 3.63) is 0 Å². The average Bonchev–Trinajstić information content (AvgIpc) is 2.33. The molecule has 0 fully saturated rings. The van der Waals surface area contributed by atoms with Crippen LogP contribution in [0.3, 0.4) is 0 Å². The summed E-state index contributed by atoms with van der Waals surface area (Å²) in [6.45, 7) is 4.13. The number of carbonyl (C=O) groups is 1. The molecule has 17 heavy (non-hydrogen) atoms. The summed E-state index contributed by atoms with van der Waals surface area (Å²) >= 11 is 0. The second-order valence-electron chi connectivity index (χ2n) is 4.26. The molecule has 2 unspecified atom stereocenters. The highest BCUT2D eigenvalue weighted by Gasteiger charge is 2.13. The summed E-state index contributed by atoms with van der Waals surface area (Å²) in [5.41, 5.74) is 5.66. The first kappa shape index (κ1) is 16.1. The molecule has 4 nitrogen and oxygen atoms in total. The highest BCUT2D eigenvalue weighted by Crippen LogP contribution is 2.12. The molecule has 2 N–H and O–H groups in total. The van der Waals surface area contributed by atoms with Crippen LogP contribution in [0.1, 0.15) is 52.4 Å². The number of unbranched alkanes of at least 4 members (excludes halogenated alkanes) is 1. The Bertz CT molecular complexity index is 229. The van der Waals surface area contributed by atoms with Crippen LogP contribution in [0, 0.1) is 0 Å². The lowest BCUT2D eigenvalue weighted by Gasteiger charge is -2.12. The Morgan fingerprint density at radius 1 is 1.35 bits per heavy atom. The smallest absolute Gasteiger partial charge is 0.322 e. The van der Waals surface area contributed by atoms with E-state index >= 15 is 0 Å². The van der Waals surface area contributed by atoms with Gasteiger partial charge in [-0.15, -0.1) is 0 Å². The van der Waals surface area contributed by atoms with Crippen molar-refractivity contribution >= 4 is 12.2 Å². The van der Waals surface area contributed by atoms with Crippen LogP contribution in [0.25, 0.3) is 0 Å². The van der Waals surface area contributed by atoms with E-state index in [1.165, 1.54) is 7.11 Å². The third kappa shape index (κ3) is 7.91. The summed E-state index contributed by atoms with van der Waals surface area (Å²) in [6.07, 6.45) is 7.95. The number of esters is 1. The first-order valence-electron chi connectivity index (χ1n) is 6.46. The molecule has 0 aliphatic heterocycles. The lowest BCUT2D eigenvalue weighted by atomic mass is 10.0. The molecule has 0 aromatic rings. The molecule has 2 atom stereocenters. The van der Waals surface area contributed by atoms with Crippen LogP contribution < -0.4 is 5.73 Å². The number of nitrogens with two attached hydrogens (primary N) is 1. The maximum atomic E-state index is 11.1. The van der Waals surface area contributed by atoms with E-state index in [0.717, 1.165) is 32.1 Å². The van der Waals surface area contributed by atoms with Gasteiger partial charge in [-0.2, -0.15) is 0 Å². The Morgan fingerprint density at radius 2 is 2.00 bits per heavy atom. The maximum absolute atomic E-state index is 11.1. The van der Waals surface area contributed by atoms with E-state index < -0.39 is 6.04 Å². The summed E-state index contributed by atoms with van der Waals surface area (Å²) in [4.78, 5) is 15.5. The number of hydrogen-bond acceptors (Lipinski definition) is 4. The van der Waals surface area contributed by atoms with Gasteiger partial charge in [0.2, 0.25) is 0 Å². The molecule has 0 bridgehead atoms. The van der Waals surface area contributed by atoms with Crippen molar-refractivity contribution in [3.8, 4) is 0 Å². The lowest BCUT2D eigenvalue weighted by Crippen LogP contribution is -2.31. The number of carbonyl (C=O) groups excluding carboxylic acids is 1. The third-order valence-electron chi connectivity index (χ3n) is 2.79. The fraction of sp³-hybridized carbons (Fsp3) is 0.846. The zero-order valence-corrected chi connectivity index (χ0v) is 11.3. The average molecular weight is 242 g/mol. The van der Waals surface area contributed by atoms with Gasteiger partial charge in [0.25, 0.3) is 0 Å². The largest absolute Gasteiger partial charge is 0.468 e. The normalized spacial score (nSPS) is 14.8. The van der Waals surface area contributed by atoms with Gasteiger partial charge in [0.15, 0.2) is 0 Å². The zero-order valence-electron chi connectivity index (χ0n) is 11.3. The third-order valence-corrected chi connectivity index (χ3v) is 2.79. The topological polar surface area (TPSA) is 64.7 Å². The highest BCUT2D eigenvalue weighted by atomic mass is 16.5. The van der Waals surface area contributed by atoms with Crippen molar-refractivity contribution in [1.82, 2.24) is 0 Å². The molecule has 0 radical (unpaired) electrons. The van der Waals surface area contributed by atoms with E-state index in [9.17, 15) is 4.79 Å². The monoisotopic (exact) mass is 242 g/mol. The van der Waals surface area contributed by atoms with Gasteiger partial charge in [0.1, 0.15) is 6.04 Å². The van der Waals surface area contributed by atoms with Crippen LogP contribution in [-0.2, 0) is 9.53 Å². The summed E-state index contributed by atoms with van der Waals surface area (Å²) in [5, 5.41) is 0. The summed E-state index contributed by atoms with van der Waals surface area (Å²) in [7, 11) is 1.37. The van der Waals surface area contributed by atoms with Gasteiger partial charge in [-0.1, -0.05) is 26.2 Å². The van der Waals surface area contributed by atoms with Crippen molar-refractivity contribution in [3.63, 3.8) is 0 Å². The Morgan fingerprint density at radius 3 is 2.53 bits per heavy atom. The van der Waals surface area contributed by atoms with Gasteiger partial charge in [-0.3, -0.25) is 9.79 Å². The van der Waals surface area contributed by atoms with Crippen molar-refractivity contribution < 1.29 is 9.53 Å². The first-order valence-corrected chi connectivity index (χ1v) is 6.46. The number of hydrogen-bond donors (Lipinski definition) is 1.